The number of anilines is 1. The van der Waals surface area contributed by atoms with E-state index in [1.807, 2.05) is 26.0 Å². The molecule has 1 aromatic carbocycles. The number of carbonyl (C=O) groups is 2. The molecule has 22 heavy (non-hydrogen) atoms. The predicted molar refractivity (Wildman–Crippen MR) is 83.1 cm³/mol. The van der Waals surface area contributed by atoms with Crippen molar-refractivity contribution >= 4 is 17.6 Å². The van der Waals surface area contributed by atoms with Crippen LogP contribution in [0.15, 0.2) is 30.6 Å². The molecule has 2 aromatic rings. The first-order valence-corrected chi connectivity index (χ1v) is 6.89. The summed E-state index contributed by atoms with van der Waals surface area (Å²) in [6, 6.07) is 5.46. The van der Waals surface area contributed by atoms with Crippen LogP contribution in [-0.4, -0.2) is 26.8 Å². The van der Waals surface area contributed by atoms with Crippen LogP contribution in [-0.2, 0) is 10.3 Å². The van der Waals surface area contributed by atoms with Crippen LogP contribution in [0.25, 0.3) is 0 Å². The minimum atomic E-state index is -1.18. The molecule has 6 nitrogen and oxygen atoms in total. The number of nitrogens with zero attached hydrogens (tertiary/aromatic N) is 2. The van der Waals surface area contributed by atoms with E-state index in [1.165, 1.54) is 30.9 Å². The maximum Gasteiger partial charge on any atom is 0.331 e. The summed E-state index contributed by atoms with van der Waals surface area (Å²) in [4.78, 5) is 23.4. The van der Waals surface area contributed by atoms with Gasteiger partial charge in [0.25, 0.3) is 5.91 Å². The molecule has 0 fully saturated rings. The lowest BCUT2D eigenvalue weighted by molar-refractivity contribution is -0.146. The van der Waals surface area contributed by atoms with Crippen LogP contribution in [0, 0.1) is 13.8 Å². The SMILES string of the molecule is Cc1ccc(C(=O)Nc2cnn(C(C)(C)C(=O)O)c2)cc1C. The Labute approximate surface area is 128 Å². The van der Waals surface area contributed by atoms with Gasteiger partial charge in [0.05, 0.1) is 11.9 Å². The van der Waals surface area contributed by atoms with E-state index < -0.39 is 11.5 Å². The minimum absolute atomic E-state index is 0.254. The average molecular weight is 301 g/mol. The van der Waals surface area contributed by atoms with E-state index in [0.29, 0.717) is 11.3 Å². The normalized spacial score (nSPS) is 11.3. The second-order valence-corrected chi connectivity index (χ2v) is 5.79. The van der Waals surface area contributed by atoms with Gasteiger partial charge in [0.2, 0.25) is 0 Å². The first-order chi connectivity index (χ1) is 10.2. The number of hydrogen-bond acceptors (Lipinski definition) is 3. The Morgan fingerprint density at radius 1 is 1.23 bits per heavy atom. The molecule has 2 rings (SSSR count). The average Bonchev–Trinajstić information content (AvgIpc) is 2.90. The molecular weight excluding hydrogens is 282 g/mol. The Hall–Kier alpha value is -2.63. The van der Waals surface area contributed by atoms with Gasteiger partial charge in [0, 0.05) is 11.8 Å². The van der Waals surface area contributed by atoms with Gasteiger partial charge in [-0.3, -0.25) is 9.48 Å². The van der Waals surface area contributed by atoms with Crippen LogP contribution in [0.4, 0.5) is 5.69 Å². The highest BCUT2D eigenvalue weighted by Gasteiger charge is 2.30. The number of aromatic nitrogens is 2. The molecule has 0 atom stereocenters. The number of aryl methyl sites for hydroxylation is 2. The van der Waals surface area contributed by atoms with Gasteiger partial charge in [0.15, 0.2) is 5.54 Å². The number of hydrogen-bond donors (Lipinski definition) is 2. The first-order valence-electron chi connectivity index (χ1n) is 6.89. The molecule has 1 amide bonds. The third-order valence-corrected chi connectivity index (χ3v) is 3.71. The van der Waals surface area contributed by atoms with Crippen LogP contribution in [0.2, 0.25) is 0 Å². The van der Waals surface area contributed by atoms with Gasteiger partial charge >= 0.3 is 5.97 Å². The summed E-state index contributed by atoms with van der Waals surface area (Å²) in [5.41, 5.74) is 1.98. The second kappa shape index (κ2) is 5.63. The van der Waals surface area contributed by atoms with E-state index in [1.54, 1.807) is 6.07 Å². The topological polar surface area (TPSA) is 84.2 Å². The molecule has 0 aliphatic heterocycles. The molecule has 0 aliphatic carbocycles. The van der Waals surface area contributed by atoms with Crippen LogP contribution in [0.3, 0.4) is 0 Å². The van der Waals surface area contributed by atoms with Gasteiger partial charge in [-0.05, 0) is 51.0 Å². The Kier molecular flexibility index (Phi) is 4.03. The second-order valence-electron chi connectivity index (χ2n) is 5.79. The van der Waals surface area contributed by atoms with Gasteiger partial charge in [-0.15, -0.1) is 0 Å². The highest BCUT2D eigenvalue weighted by atomic mass is 16.4. The van der Waals surface area contributed by atoms with Crippen molar-refractivity contribution in [2.75, 3.05) is 5.32 Å². The molecule has 0 saturated heterocycles. The van der Waals surface area contributed by atoms with Crippen LogP contribution >= 0.6 is 0 Å². The van der Waals surface area contributed by atoms with E-state index in [2.05, 4.69) is 10.4 Å². The molecule has 1 aromatic heterocycles. The Bertz CT molecular complexity index is 732. The van der Waals surface area contributed by atoms with E-state index in [0.717, 1.165) is 11.1 Å². The zero-order valence-corrected chi connectivity index (χ0v) is 13.0. The van der Waals surface area contributed by atoms with Gasteiger partial charge in [-0.25, -0.2) is 4.79 Å². The van der Waals surface area contributed by atoms with E-state index in [4.69, 9.17) is 0 Å². The molecule has 0 unspecified atom stereocenters. The summed E-state index contributed by atoms with van der Waals surface area (Å²) in [7, 11) is 0. The summed E-state index contributed by atoms with van der Waals surface area (Å²) in [5.74, 6) is -1.25. The summed E-state index contributed by atoms with van der Waals surface area (Å²) in [6.45, 7) is 7.00. The first kappa shape index (κ1) is 15.8. The standard InChI is InChI=1S/C16H19N3O3/c1-10-5-6-12(7-11(10)2)14(20)18-13-8-17-19(9-13)16(3,4)15(21)22/h5-9H,1-4H3,(H,18,20)(H,21,22). The smallest absolute Gasteiger partial charge is 0.331 e. The quantitative estimate of drug-likeness (QED) is 0.909. The van der Waals surface area contributed by atoms with Crippen LogP contribution < -0.4 is 5.32 Å². The maximum atomic E-state index is 12.2. The van der Waals surface area contributed by atoms with Crippen molar-refractivity contribution in [3.8, 4) is 0 Å². The maximum absolute atomic E-state index is 12.2. The lowest BCUT2D eigenvalue weighted by Crippen LogP contribution is -2.35. The monoisotopic (exact) mass is 301 g/mol. The number of rotatable bonds is 4. The molecule has 0 bridgehead atoms. The molecule has 116 valence electrons. The zero-order chi connectivity index (χ0) is 16.5. The fourth-order valence-electron chi connectivity index (χ4n) is 1.88. The number of benzene rings is 1. The van der Waals surface area contributed by atoms with Crippen molar-refractivity contribution in [2.45, 2.75) is 33.2 Å². The molecule has 0 radical (unpaired) electrons. The van der Waals surface area contributed by atoms with E-state index >= 15 is 0 Å². The number of aliphatic carboxylic acids is 1. The third-order valence-electron chi connectivity index (χ3n) is 3.71. The summed E-state index contributed by atoms with van der Waals surface area (Å²) in [6.07, 6.45) is 2.94. The number of carboxylic acid groups (broad SMARTS) is 1. The van der Waals surface area contributed by atoms with Crippen molar-refractivity contribution in [2.24, 2.45) is 0 Å². The van der Waals surface area contributed by atoms with Gasteiger partial charge in [0.1, 0.15) is 0 Å². The van der Waals surface area contributed by atoms with Gasteiger partial charge in [-0.1, -0.05) is 6.07 Å². The fourth-order valence-corrected chi connectivity index (χ4v) is 1.88. The van der Waals surface area contributed by atoms with Crippen molar-refractivity contribution in [3.05, 3.63) is 47.3 Å². The molecule has 6 heteroatoms. The minimum Gasteiger partial charge on any atom is -0.479 e. The summed E-state index contributed by atoms with van der Waals surface area (Å²) in [5, 5.41) is 15.9. The Morgan fingerprint density at radius 2 is 1.91 bits per heavy atom. The van der Waals surface area contributed by atoms with Crippen molar-refractivity contribution < 1.29 is 14.7 Å². The van der Waals surface area contributed by atoms with Gasteiger partial charge < -0.3 is 10.4 Å². The van der Waals surface area contributed by atoms with E-state index in [-0.39, 0.29) is 5.91 Å². The zero-order valence-electron chi connectivity index (χ0n) is 13.0. The largest absolute Gasteiger partial charge is 0.479 e. The van der Waals surface area contributed by atoms with Gasteiger partial charge in [-0.2, -0.15) is 5.10 Å². The van der Waals surface area contributed by atoms with Crippen molar-refractivity contribution in [1.29, 1.82) is 0 Å². The highest BCUT2D eigenvalue weighted by Crippen LogP contribution is 2.18. The number of amides is 1. The molecule has 2 N–H and O–H groups in total. The van der Waals surface area contributed by atoms with Crippen molar-refractivity contribution in [3.63, 3.8) is 0 Å². The summed E-state index contributed by atoms with van der Waals surface area (Å²) >= 11 is 0. The van der Waals surface area contributed by atoms with Crippen molar-refractivity contribution in [1.82, 2.24) is 9.78 Å². The molecular formula is C16H19N3O3. The molecule has 0 aliphatic rings. The fraction of sp³-hybridized carbons (Fsp3) is 0.312. The molecule has 0 spiro atoms. The highest BCUT2D eigenvalue weighted by molar-refractivity contribution is 6.04. The number of carbonyl (C=O) groups excluding carboxylic acids is 1. The lowest BCUT2D eigenvalue weighted by atomic mass is 10.1. The third kappa shape index (κ3) is 3.00. The number of carboxylic acids is 1. The number of nitrogens with one attached hydrogen (secondary N) is 1. The predicted octanol–water partition coefficient (Wildman–Crippen LogP) is 2.57. The molecule has 0 saturated carbocycles. The summed E-state index contributed by atoms with van der Waals surface area (Å²) < 4.78 is 1.31. The Balaban J connectivity index is 2.18. The van der Waals surface area contributed by atoms with Crippen LogP contribution in [0.1, 0.15) is 35.3 Å². The lowest BCUT2D eigenvalue weighted by Gasteiger charge is -2.19. The molecule has 1 heterocycles. The van der Waals surface area contributed by atoms with Crippen LogP contribution in [0.5, 0.6) is 0 Å². The van der Waals surface area contributed by atoms with E-state index in [9.17, 15) is 14.7 Å². The Morgan fingerprint density at radius 3 is 2.50 bits per heavy atom.